The number of nitrogen functional groups attached to an aromatic ring is 1. The van der Waals surface area contributed by atoms with E-state index in [9.17, 15) is 5.11 Å². The normalized spacial score (nSPS) is 12.8. The van der Waals surface area contributed by atoms with Crippen LogP contribution in [0.1, 0.15) is 12.5 Å². The Kier molecular flexibility index (Phi) is 5.09. The topological polar surface area (TPSA) is 80.2 Å². The summed E-state index contributed by atoms with van der Waals surface area (Å²) in [6.07, 6.45) is 6.40. The predicted octanol–water partition coefficient (Wildman–Crippen LogP) is 0.743. The fourth-order valence-corrected chi connectivity index (χ4v) is 2.10. The number of likely N-dealkylation sites (N-methyl/N-ethyl adjacent to an activating group) is 1. The number of pyridine rings is 1. The first-order chi connectivity index (χ1) is 9.67. The van der Waals surface area contributed by atoms with Crippen molar-refractivity contribution in [3.8, 4) is 0 Å². The van der Waals surface area contributed by atoms with Crippen molar-refractivity contribution >= 4 is 5.69 Å². The lowest BCUT2D eigenvalue weighted by molar-refractivity contribution is 0.0941. The SMILES string of the molecule is CCN(Cc1ccncc1)CC(O)Cn1cc(N)cn1. The Morgan fingerprint density at radius 1 is 1.40 bits per heavy atom. The smallest absolute Gasteiger partial charge is 0.0862 e. The molecule has 0 aliphatic rings. The lowest BCUT2D eigenvalue weighted by atomic mass is 10.2. The summed E-state index contributed by atoms with van der Waals surface area (Å²) in [5, 5.41) is 14.2. The maximum Gasteiger partial charge on any atom is 0.0862 e. The molecule has 2 heterocycles. The van der Waals surface area contributed by atoms with Crippen LogP contribution in [0.15, 0.2) is 36.9 Å². The summed E-state index contributed by atoms with van der Waals surface area (Å²) in [4.78, 5) is 6.19. The summed E-state index contributed by atoms with van der Waals surface area (Å²) in [6, 6.07) is 3.98. The van der Waals surface area contributed by atoms with Gasteiger partial charge in [-0.3, -0.25) is 14.6 Å². The van der Waals surface area contributed by atoms with Crippen molar-refractivity contribution in [2.45, 2.75) is 26.1 Å². The van der Waals surface area contributed by atoms with Gasteiger partial charge in [0.05, 0.1) is 24.5 Å². The molecule has 2 aromatic rings. The highest BCUT2D eigenvalue weighted by Crippen LogP contribution is 2.05. The summed E-state index contributed by atoms with van der Waals surface area (Å²) in [5.41, 5.74) is 7.41. The molecule has 0 fully saturated rings. The second-order valence-electron chi connectivity index (χ2n) is 4.83. The van der Waals surface area contributed by atoms with Crippen molar-refractivity contribution in [1.29, 1.82) is 0 Å². The molecule has 108 valence electrons. The number of hydrogen-bond donors (Lipinski definition) is 2. The van der Waals surface area contributed by atoms with E-state index in [1.54, 1.807) is 29.5 Å². The van der Waals surface area contributed by atoms with Gasteiger partial charge in [-0.25, -0.2) is 0 Å². The van der Waals surface area contributed by atoms with E-state index >= 15 is 0 Å². The van der Waals surface area contributed by atoms with Crippen LogP contribution in [0.3, 0.4) is 0 Å². The van der Waals surface area contributed by atoms with Crippen LogP contribution in [0, 0.1) is 0 Å². The highest BCUT2D eigenvalue weighted by molar-refractivity contribution is 5.30. The van der Waals surface area contributed by atoms with Gasteiger partial charge in [-0.2, -0.15) is 5.10 Å². The molecule has 0 spiro atoms. The molecule has 3 N–H and O–H groups in total. The van der Waals surface area contributed by atoms with E-state index in [1.807, 2.05) is 12.1 Å². The lowest BCUT2D eigenvalue weighted by Crippen LogP contribution is -2.34. The van der Waals surface area contributed by atoms with Crippen LogP contribution in [-0.4, -0.2) is 44.0 Å². The van der Waals surface area contributed by atoms with Crippen LogP contribution < -0.4 is 5.73 Å². The maximum absolute atomic E-state index is 10.1. The molecule has 0 aromatic carbocycles. The summed E-state index contributed by atoms with van der Waals surface area (Å²) >= 11 is 0. The highest BCUT2D eigenvalue weighted by atomic mass is 16.3. The van der Waals surface area contributed by atoms with E-state index in [-0.39, 0.29) is 0 Å². The Hall–Kier alpha value is -1.92. The number of aliphatic hydroxyl groups is 1. The van der Waals surface area contributed by atoms with Crippen molar-refractivity contribution in [3.63, 3.8) is 0 Å². The molecule has 0 radical (unpaired) electrons. The fourth-order valence-electron chi connectivity index (χ4n) is 2.10. The number of rotatable bonds is 7. The number of nitrogens with two attached hydrogens (primary N) is 1. The van der Waals surface area contributed by atoms with Crippen LogP contribution in [0.4, 0.5) is 5.69 Å². The van der Waals surface area contributed by atoms with Crippen LogP contribution >= 0.6 is 0 Å². The van der Waals surface area contributed by atoms with E-state index in [0.717, 1.165) is 13.1 Å². The lowest BCUT2D eigenvalue weighted by Gasteiger charge is -2.23. The van der Waals surface area contributed by atoms with Gasteiger partial charge in [0.2, 0.25) is 0 Å². The Morgan fingerprint density at radius 2 is 2.15 bits per heavy atom. The number of aromatic nitrogens is 3. The molecule has 2 rings (SSSR count). The standard InChI is InChI=1S/C14H21N5O/c1-2-18(8-12-3-5-16-6-4-12)10-14(20)11-19-9-13(15)7-17-19/h3-7,9,14,20H,2,8,10-11,15H2,1H3. The molecular weight excluding hydrogens is 254 g/mol. The molecular formula is C14H21N5O. The largest absolute Gasteiger partial charge is 0.396 e. The Labute approximate surface area is 118 Å². The first-order valence-corrected chi connectivity index (χ1v) is 6.74. The summed E-state index contributed by atoms with van der Waals surface area (Å²) < 4.78 is 1.67. The van der Waals surface area contributed by atoms with Gasteiger partial charge < -0.3 is 10.8 Å². The van der Waals surface area contributed by atoms with E-state index in [2.05, 4.69) is 21.9 Å². The van der Waals surface area contributed by atoms with Crippen LogP contribution in [0.5, 0.6) is 0 Å². The average molecular weight is 275 g/mol. The van der Waals surface area contributed by atoms with Crippen molar-refractivity contribution in [1.82, 2.24) is 19.7 Å². The minimum Gasteiger partial charge on any atom is -0.396 e. The minimum atomic E-state index is -0.476. The summed E-state index contributed by atoms with van der Waals surface area (Å²) in [6.45, 7) is 4.81. The Balaban J connectivity index is 1.86. The average Bonchev–Trinajstić information content (AvgIpc) is 2.84. The second-order valence-corrected chi connectivity index (χ2v) is 4.83. The van der Waals surface area contributed by atoms with Crippen molar-refractivity contribution in [3.05, 3.63) is 42.5 Å². The van der Waals surface area contributed by atoms with Gasteiger partial charge in [-0.1, -0.05) is 6.92 Å². The first-order valence-electron chi connectivity index (χ1n) is 6.74. The first kappa shape index (κ1) is 14.5. The van der Waals surface area contributed by atoms with Gasteiger partial charge in [0.1, 0.15) is 0 Å². The summed E-state index contributed by atoms with van der Waals surface area (Å²) in [5.74, 6) is 0. The molecule has 0 saturated carbocycles. The number of hydrogen-bond acceptors (Lipinski definition) is 5. The molecule has 0 bridgehead atoms. The molecule has 1 atom stereocenters. The van der Waals surface area contributed by atoms with E-state index in [1.165, 1.54) is 5.56 Å². The second kappa shape index (κ2) is 7.02. The van der Waals surface area contributed by atoms with Crippen LogP contribution in [0.25, 0.3) is 0 Å². The van der Waals surface area contributed by atoms with Crippen LogP contribution in [0.2, 0.25) is 0 Å². The third kappa shape index (κ3) is 4.32. The Morgan fingerprint density at radius 3 is 2.75 bits per heavy atom. The van der Waals surface area contributed by atoms with Gasteiger partial charge in [0, 0.05) is 31.7 Å². The van der Waals surface area contributed by atoms with E-state index < -0.39 is 6.10 Å². The summed E-state index contributed by atoms with van der Waals surface area (Å²) in [7, 11) is 0. The molecule has 2 aromatic heterocycles. The van der Waals surface area contributed by atoms with Gasteiger partial charge in [0.25, 0.3) is 0 Å². The molecule has 0 aliphatic carbocycles. The molecule has 6 nitrogen and oxygen atoms in total. The third-order valence-electron chi connectivity index (χ3n) is 3.12. The van der Waals surface area contributed by atoms with Gasteiger partial charge in [0.15, 0.2) is 0 Å². The third-order valence-corrected chi connectivity index (χ3v) is 3.12. The van der Waals surface area contributed by atoms with Gasteiger partial charge >= 0.3 is 0 Å². The number of nitrogens with zero attached hydrogens (tertiary/aromatic N) is 4. The fraction of sp³-hybridized carbons (Fsp3) is 0.429. The molecule has 1 unspecified atom stereocenters. The van der Waals surface area contributed by atoms with Crippen molar-refractivity contribution < 1.29 is 5.11 Å². The number of aliphatic hydroxyl groups excluding tert-OH is 1. The zero-order chi connectivity index (χ0) is 14.4. The zero-order valence-electron chi connectivity index (χ0n) is 11.7. The van der Waals surface area contributed by atoms with Gasteiger partial charge in [-0.15, -0.1) is 0 Å². The quantitative estimate of drug-likeness (QED) is 0.779. The zero-order valence-corrected chi connectivity index (χ0v) is 11.7. The highest BCUT2D eigenvalue weighted by Gasteiger charge is 2.12. The van der Waals surface area contributed by atoms with E-state index in [0.29, 0.717) is 18.8 Å². The van der Waals surface area contributed by atoms with Gasteiger partial charge in [-0.05, 0) is 24.2 Å². The van der Waals surface area contributed by atoms with Crippen molar-refractivity contribution in [2.75, 3.05) is 18.8 Å². The van der Waals surface area contributed by atoms with E-state index in [4.69, 9.17) is 5.73 Å². The predicted molar refractivity (Wildman–Crippen MR) is 77.8 cm³/mol. The molecule has 0 aliphatic heterocycles. The molecule has 0 saturated heterocycles. The maximum atomic E-state index is 10.1. The monoisotopic (exact) mass is 275 g/mol. The van der Waals surface area contributed by atoms with Crippen molar-refractivity contribution in [2.24, 2.45) is 0 Å². The molecule has 0 amide bonds. The molecule has 6 heteroatoms. The number of anilines is 1. The van der Waals surface area contributed by atoms with Crippen LogP contribution in [-0.2, 0) is 13.1 Å². The minimum absolute atomic E-state index is 0.448. The molecule has 20 heavy (non-hydrogen) atoms. The Bertz CT molecular complexity index is 513.